The Morgan fingerprint density at radius 1 is 1.05 bits per heavy atom. The van der Waals surface area contributed by atoms with Crippen molar-refractivity contribution in [2.24, 2.45) is 0 Å². The van der Waals surface area contributed by atoms with Crippen molar-refractivity contribution in [2.45, 2.75) is 0 Å². The SMILES string of the molecule is COc1cc(OC)c(NC(=O)Nc2ccc(N)cc2)cc1Cl. The molecule has 6 nitrogen and oxygen atoms in total. The molecule has 0 aliphatic carbocycles. The first-order valence-electron chi connectivity index (χ1n) is 6.38. The molecular weight excluding hydrogens is 306 g/mol. The van der Waals surface area contributed by atoms with E-state index in [-0.39, 0.29) is 0 Å². The van der Waals surface area contributed by atoms with Crippen LogP contribution in [0.25, 0.3) is 0 Å². The van der Waals surface area contributed by atoms with Crippen molar-refractivity contribution in [3.8, 4) is 11.5 Å². The smallest absolute Gasteiger partial charge is 0.323 e. The summed E-state index contributed by atoms with van der Waals surface area (Å²) in [5.41, 5.74) is 7.26. The third kappa shape index (κ3) is 3.73. The molecule has 0 aliphatic rings. The van der Waals surface area contributed by atoms with Crippen LogP contribution in [-0.4, -0.2) is 20.3 Å². The fourth-order valence-corrected chi connectivity index (χ4v) is 2.05. The van der Waals surface area contributed by atoms with E-state index >= 15 is 0 Å². The number of nitrogens with one attached hydrogen (secondary N) is 2. The summed E-state index contributed by atoms with van der Waals surface area (Å²) in [5, 5.41) is 5.72. The molecule has 2 amide bonds. The molecule has 0 radical (unpaired) electrons. The Bertz CT molecular complexity index is 674. The standard InChI is InChI=1S/C15H16ClN3O3/c1-21-13-8-14(22-2)12(7-11(13)16)19-15(20)18-10-5-3-9(17)4-6-10/h3-8H,17H2,1-2H3,(H2,18,19,20). The van der Waals surface area contributed by atoms with Crippen LogP contribution in [0.1, 0.15) is 0 Å². The van der Waals surface area contributed by atoms with Gasteiger partial charge in [0.2, 0.25) is 0 Å². The number of rotatable bonds is 4. The number of amides is 2. The van der Waals surface area contributed by atoms with E-state index < -0.39 is 6.03 Å². The van der Waals surface area contributed by atoms with E-state index in [9.17, 15) is 4.79 Å². The molecule has 2 aromatic carbocycles. The average Bonchev–Trinajstić information content (AvgIpc) is 2.50. The van der Waals surface area contributed by atoms with E-state index in [1.807, 2.05) is 0 Å². The van der Waals surface area contributed by atoms with Gasteiger partial charge in [-0.25, -0.2) is 4.79 Å². The lowest BCUT2D eigenvalue weighted by Gasteiger charge is -2.13. The third-order valence-electron chi connectivity index (χ3n) is 2.89. The largest absolute Gasteiger partial charge is 0.495 e. The topological polar surface area (TPSA) is 85.6 Å². The summed E-state index contributed by atoms with van der Waals surface area (Å²) in [6, 6.07) is 9.52. The summed E-state index contributed by atoms with van der Waals surface area (Å²) in [4.78, 5) is 12.0. The van der Waals surface area contributed by atoms with Gasteiger partial charge in [-0.3, -0.25) is 0 Å². The van der Waals surface area contributed by atoms with E-state index in [4.69, 9.17) is 26.8 Å². The fraction of sp³-hybridized carbons (Fsp3) is 0.133. The van der Waals surface area contributed by atoms with Gasteiger partial charge in [-0.1, -0.05) is 11.6 Å². The highest BCUT2D eigenvalue weighted by molar-refractivity contribution is 6.32. The van der Waals surface area contributed by atoms with Crippen LogP contribution in [0.4, 0.5) is 21.9 Å². The first-order chi connectivity index (χ1) is 10.5. The summed E-state index contributed by atoms with van der Waals surface area (Å²) in [5.74, 6) is 0.900. The lowest BCUT2D eigenvalue weighted by Crippen LogP contribution is -2.19. The van der Waals surface area contributed by atoms with Crippen molar-refractivity contribution < 1.29 is 14.3 Å². The summed E-state index contributed by atoms with van der Waals surface area (Å²) in [6.07, 6.45) is 0. The third-order valence-corrected chi connectivity index (χ3v) is 3.19. The lowest BCUT2D eigenvalue weighted by molar-refractivity contribution is 0.262. The molecule has 0 aliphatic heterocycles. The van der Waals surface area contributed by atoms with Crippen LogP contribution >= 0.6 is 11.6 Å². The molecule has 116 valence electrons. The van der Waals surface area contributed by atoms with E-state index in [1.165, 1.54) is 14.2 Å². The van der Waals surface area contributed by atoms with E-state index in [2.05, 4.69) is 10.6 Å². The highest BCUT2D eigenvalue weighted by Gasteiger charge is 2.12. The first-order valence-corrected chi connectivity index (χ1v) is 6.76. The van der Waals surface area contributed by atoms with Crippen LogP contribution in [0.3, 0.4) is 0 Å². The molecule has 4 N–H and O–H groups in total. The number of hydrogen-bond acceptors (Lipinski definition) is 4. The quantitative estimate of drug-likeness (QED) is 0.751. The summed E-state index contributed by atoms with van der Waals surface area (Å²) in [7, 11) is 2.99. The maximum atomic E-state index is 12.0. The number of benzene rings is 2. The zero-order valence-electron chi connectivity index (χ0n) is 12.1. The maximum Gasteiger partial charge on any atom is 0.323 e. The Morgan fingerprint density at radius 2 is 1.68 bits per heavy atom. The van der Waals surface area contributed by atoms with Gasteiger partial charge in [-0.05, 0) is 30.3 Å². The Labute approximate surface area is 133 Å². The molecule has 0 unspecified atom stereocenters. The second kappa shape index (κ2) is 6.91. The van der Waals surface area contributed by atoms with Gasteiger partial charge in [-0.2, -0.15) is 0 Å². The highest BCUT2D eigenvalue weighted by Crippen LogP contribution is 2.35. The molecule has 0 fully saturated rings. The molecule has 7 heteroatoms. The second-order valence-corrected chi connectivity index (χ2v) is 4.80. The molecule has 0 saturated heterocycles. The molecule has 2 rings (SSSR count). The molecule has 0 bridgehead atoms. The molecule has 0 atom stereocenters. The van der Waals surface area contributed by atoms with E-state index in [0.717, 1.165) is 0 Å². The summed E-state index contributed by atoms with van der Waals surface area (Å²) in [6.45, 7) is 0. The van der Waals surface area contributed by atoms with Crippen molar-refractivity contribution in [1.82, 2.24) is 0 Å². The predicted molar refractivity (Wildman–Crippen MR) is 88.1 cm³/mol. The maximum absolute atomic E-state index is 12.0. The second-order valence-electron chi connectivity index (χ2n) is 4.39. The van der Waals surface area contributed by atoms with Crippen molar-refractivity contribution in [3.05, 3.63) is 41.4 Å². The predicted octanol–water partition coefficient (Wildman–Crippen LogP) is 3.58. The molecule has 0 aromatic heterocycles. The Morgan fingerprint density at radius 3 is 2.27 bits per heavy atom. The number of urea groups is 1. The zero-order chi connectivity index (χ0) is 16.1. The van der Waals surface area contributed by atoms with Crippen molar-refractivity contribution in [1.29, 1.82) is 0 Å². The van der Waals surface area contributed by atoms with Crippen LogP contribution in [0.5, 0.6) is 11.5 Å². The Kier molecular flexibility index (Phi) is 4.95. The minimum Gasteiger partial charge on any atom is -0.495 e. The average molecular weight is 322 g/mol. The summed E-state index contributed by atoms with van der Waals surface area (Å²) < 4.78 is 10.3. The molecule has 0 heterocycles. The number of methoxy groups -OCH3 is 2. The minimum absolute atomic E-state index is 0.367. The van der Waals surface area contributed by atoms with Crippen LogP contribution in [-0.2, 0) is 0 Å². The number of nitrogen functional groups attached to an aromatic ring is 1. The van der Waals surface area contributed by atoms with Crippen LogP contribution in [0.2, 0.25) is 5.02 Å². The molecule has 0 spiro atoms. The van der Waals surface area contributed by atoms with Gasteiger partial charge in [0, 0.05) is 17.4 Å². The van der Waals surface area contributed by atoms with Crippen LogP contribution in [0.15, 0.2) is 36.4 Å². The monoisotopic (exact) mass is 321 g/mol. The van der Waals surface area contributed by atoms with Gasteiger partial charge in [-0.15, -0.1) is 0 Å². The van der Waals surface area contributed by atoms with Crippen molar-refractivity contribution >= 4 is 34.7 Å². The molecule has 22 heavy (non-hydrogen) atoms. The molecule has 2 aromatic rings. The fourth-order valence-electron chi connectivity index (χ4n) is 1.81. The lowest BCUT2D eigenvalue weighted by atomic mass is 10.2. The number of carbonyl (C=O) groups is 1. The van der Waals surface area contributed by atoms with E-state index in [1.54, 1.807) is 36.4 Å². The van der Waals surface area contributed by atoms with Crippen LogP contribution in [0, 0.1) is 0 Å². The number of nitrogens with two attached hydrogens (primary N) is 1. The van der Waals surface area contributed by atoms with E-state index in [0.29, 0.717) is 33.6 Å². The highest BCUT2D eigenvalue weighted by atomic mass is 35.5. The minimum atomic E-state index is -0.427. The van der Waals surface area contributed by atoms with Gasteiger partial charge in [0.1, 0.15) is 11.5 Å². The van der Waals surface area contributed by atoms with Gasteiger partial charge in [0.15, 0.2) is 0 Å². The number of halogens is 1. The Hall–Kier alpha value is -2.60. The first kappa shape index (κ1) is 15.8. The number of anilines is 3. The normalized spacial score (nSPS) is 9.95. The number of carbonyl (C=O) groups excluding carboxylic acids is 1. The van der Waals surface area contributed by atoms with Crippen LogP contribution < -0.4 is 25.8 Å². The number of hydrogen-bond donors (Lipinski definition) is 3. The van der Waals surface area contributed by atoms with Gasteiger partial charge in [0.25, 0.3) is 0 Å². The Balaban J connectivity index is 2.14. The van der Waals surface area contributed by atoms with Gasteiger partial charge in [0.05, 0.1) is 24.9 Å². The number of ether oxygens (including phenoxy) is 2. The van der Waals surface area contributed by atoms with Crippen molar-refractivity contribution in [3.63, 3.8) is 0 Å². The van der Waals surface area contributed by atoms with Crippen molar-refractivity contribution in [2.75, 3.05) is 30.6 Å². The van der Waals surface area contributed by atoms with Gasteiger partial charge < -0.3 is 25.8 Å². The summed E-state index contributed by atoms with van der Waals surface area (Å²) >= 11 is 6.05. The molecular formula is C15H16ClN3O3. The zero-order valence-corrected chi connectivity index (χ0v) is 12.9. The van der Waals surface area contributed by atoms with Gasteiger partial charge >= 0.3 is 6.03 Å². The molecule has 0 saturated carbocycles.